The Morgan fingerprint density at radius 2 is 1.50 bits per heavy atom. The minimum Gasteiger partial charge on any atom is -0.380 e. The SMILES string of the molecule is CS(=O)(=O)c1ccc(S(C)(=O)=O)c(C(=O)C(O)c2ccccc2)c1. The number of carbonyl (C=O) groups is 1. The Morgan fingerprint density at radius 1 is 0.917 bits per heavy atom. The first-order valence-electron chi connectivity index (χ1n) is 6.83. The highest BCUT2D eigenvalue weighted by Gasteiger charge is 2.26. The first-order valence-corrected chi connectivity index (χ1v) is 10.6. The van der Waals surface area contributed by atoms with Gasteiger partial charge in [-0.3, -0.25) is 4.79 Å². The molecule has 0 spiro atoms. The van der Waals surface area contributed by atoms with E-state index < -0.39 is 31.6 Å². The van der Waals surface area contributed by atoms with Gasteiger partial charge in [-0.15, -0.1) is 0 Å². The van der Waals surface area contributed by atoms with Crippen molar-refractivity contribution < 1.29 is 26.7 Å². The van der Waals surface area contributed by atoms with E-state index in [9.17, 15) is 26.7 Å². The molecule has 1 atom stereocenters. The van der Waals surface area contributed by atoms with Crippen LogP contribution < -0.4 is 0 Å². The zero-order valence-electron chi connectivity index (χ0n) is 13.0. The van der Waals surface area contributed by atoms with Crippen LogP contribution in [0.3, 0.4) is 0 Å². The fourth-order valence-electron chi connectivity index (χ4n) is 2.19. The first kappa shape index (κ1) is 18.3. The maximum Gasteiger partial charge on any atom is 0.197 e. The van der Waals surface area contributed by atoms with Crippen LogP contribution in [0.5, 0.6) is 0 Å². The summed E-state index contributed by atoms with van der Waals surface area (Å²) in [6.07, 6.45) is 0.264. The fourth-order valence-corrected chi connectivity index (χ4v) is 3.71. The summed E-state index contributed by atoms with van der Waals surface area (Å²) < 4.78 is 47.2. The van der Waals surface area contributed by atoms with Gasteiger partial charge in [-0.25, -0.2) is 16.8 Å². The fraction of sp³-hybridized carbons (Fsp3) is 0.188. The predicted molar refractivity (Wildman–Crippen MR) is 88.4 cm³/mol. The molecule has 0 aliphatic heterocycles. The van der Waals surface area contributed by atoms with Gasteiger partial charge in [-0.2, -0.15) is 0 Å². The highest BCUT2D eigenvalue weighted by atomic mass is 32.2. The monoisotopic (exact) mass is 368 g/mol. The van der Waals surface area contributed by atoms with Crippen molar-refractivity contribution in [2.75, 3.05) is 12.5 Å². The molecule has 6 nitrogen and oxygen atoms in total. The van der Waals surface area contributed by atoms with Gasteiger partial charge in [0, 0.05) is 18.1 Å². The van der Waals surface area contributed by atoms with Crippen LogP contribution >= 0.6 is 0 Å². The second-order valence-corrected chi connectivity index (χ2v) is 9.38. The summed E-state index contributed by atoms with van der Waals surface area (Å²) in [5, 5.41) is 10.2. The van der Waals surface area contributed by atoms with Gasteiger partial charge in [-0.1, -0.05) is 30.3 Å². The molecule has 0 fully saturated rings. The Morgan fingerprint density at radius 3 is 2.00 bits per heavy atom. The van der Waals surface area contributed by atoms with E-state index in [1.165, 1.54) is 12.1 Å². The standard InChI is InChI=1S/C16H16O6S2/c1-23(19,20)12-8-9-14(24(2,21)22)13(10-12)16(18)15(17)11-6-4-3-5-7-11/h3-10,15,17H,1-2H3. The molecule has 128 valence electrons. The van der Waals surface area contributed by atoms with Gasteiger partial charge in [0.1, 0.15) is 6.10 Å². The summed E-state index contributed by atoms with van der Waals surface area (Å²) in [4.78, 5) is 12.1. The number of carbonyl (C=O) groups excluding carboxylic acids is 1. The number of rotatable bonds is 5. The normalized spacial score (nSPS) is 13.5. The molecule has 0 bridgehead atoms. The van der Waals surface area contributed by atoms with E-state index in [-0.39, 0.29) is 20.9 Å². The maximum atomic E-state index is 12.6. The molecule has 2 aromatic carbocycles. The second-order valence-electron chi connectivity index (χ2n) is 5.38. The van der Waals surface area contributed by atoms with Gasteiger partial charge in [0.2, 0.25) is 0 Å². The summed E-state index contributed by atoms with van der Waals surface area (Å²) in [6.45, 7) is 0. The molecule has 0 saturated carbocycles. The minimum atomic E-state index is -3.78. The van der Waals surface area contributed by atoms with Crippen LogP contribution in [0.4, 0.5) is 0 Å². The third-order valence-corrected chi connectivity index (χ3v) is 5.67. The molecule has 0 radical (unpaired) electrons. The minimum absolute atomic E-state index is 0.196. The molecule has 0 aromatic heterocycles. The molecule has 2 aromatic rings. The zero-order valence-corrected chi connectivity index (χ0v) is 14.6. The number of sulfone groups is 2. The molecule has 1 N–H and O–H groups in total. The van der Waals surface area contributed by atoms with Gasteiger partial charge in [0.25, 0.3) is 0 Å². The van der Waals surface area contributed by atoms with Crippen molar-refractivity contribution in [2.45, 2.75) is 15.9 Å². The lowest BCUT2D eigenvalue weighted by molar-refractivity contribution is 0.0743. The molecule has 24 heavy (non-hydrogen) atoms. The van der Waals surface area contributed by atoms with Crippen molar-refractivity contribution >= 4 is 25.5 Å². The van der Waals surface area contributed by atoms with E-state index in [0.717, 1.165) is 30.7 Å². The van der Waals surface area contributed by atoms with Crippen LogP contribution in [0.15, 0.2) is 58.3 Å². The lowest BCUT2D eigenvalue weighted by atomic mass is 10.00. The number of ketones is 1. The summed E-state index contributed by atoms with van der Waals surface area (Å²) in [5.74, 6) is -0.882. The Kier molecular flexibility index (Phi) is 4.93. The lowest BCUT2D eigenvalue weighted by Crippen LogP contribution is -2.17. The molecule has 0 amide bonds. The topological polar surface area (TPSA) is 106 Å². The maximum absolute atomic E-state index is 12.6. The molecule has 2 rings (SSSR count). The number of benzene rings is 2. The van der Waals surface area contributed by atoms with E-state index in [0.29, 0.717) is 0 Å². The smallest absolute Gasteiger partial charge is 0.197 e. The van der Waals surface area contributed by atoms with Crippen molar-refractivity contribution in [1.82, 2.24) is 0 Å². The molecule has 0 aliphatic rings. The van der Waals surface area contributed by atoms with E-state index >= 15 is 0 Å². The summed E-state index contributed by atoms with van der Waals surface area (Å²) in [6, 6.07) is 11.2. The van der Waals surface area contributed by atoms with Crippen molar-refractivity contribution in [3.8, 4) is 0 Å². The number of hydrogen-bond donors (Lipinski definition) is 1. The Bertz CT molecular complexity index is 976. The molecular weight excluding hydrogens is 352 g/mol. The average Bonchev–Trinajstić information content (AvgIpc) is 2.52. The van der Waals surface area contributed by atoms with Crippen molar-refractivity contribution in [1.29, 1.82) is 0 Å². The van der Waals surface area contributed by atoms with Crippen LogP contribution in [0, 0.1) is 0 Å². The van der Waals surface area contributed by atoms with E-state index in [4.69, 9.17) is 0 Å². The molecule has 8 heteroatoms. The highest BCUT2D eigenvalue weighted by Crippen LogP contribution is 2.26. The second kappa shape index (κ2) is 6.46. The van der Waals surface area contributed by atoms with Gasteiger partial charge < -0.3 is 5.11 Å². The largest absolute Gasteiger partial charge is 0.380 e. The first-order chi connectivity index (χ1) is 11.0. The Labute approximate surface area is 140 Å². The van der Waals surface area contributed by atoms with Gasteiger partial charge in [0.05, 0.1) is 9.79 Å². The van der Waals surface area contributed by atoms with Crippen LogP contribution in [0.25, 0.3) is 0 Å². The van der Waals surface area contributed by atoms with Crippen LogP contribution in [0.1, 0.15) is 22.0 Å². The zero-order chi connectivity index (χ0) is 18.1. The summed E-state index contributed by atoms with van der Waals surface area (Å²) in [5.41, 5.74) is -0.0662. The van der Waals surface area contributed by atoms with Crippen molar-refractivity contribution in [3.63, 3.8) is 0 Å². The van der Waals surface area contributed by atoms with E-state index in [1.54, 1.807) is 18.2 Å². The molecule has 0 saturated heterocycles. The highest BCUT2D eigenvalue weighted by molar-refractivity contribution is 7.91. The predicted octanol–water partition coefficient (Wildman–Crippen LogP) is 1.41. The Hall–Kier alpha value is -2.03. The average molecular weight is 368 g/mol. The third kappa shape index (κ3) is 3.89. The third-order valence-electron chi connectivity index (χ3n) is 3.41. The van der Waals surface area contributed by atoms with Crippen molar-refractivity contribution in [3.05, 3.63) is 59.7 Å². The van der Waals surface area contributed by atoms with Gasteiger partial charge in [0.15, 0.2) is 25.5 Å². The quantitative estimate of drug-likeness (QED) is 0.800. The number of Topliss-reactive ketones (excluding diaryl/α,β-unsaturated/α-hetero) is 1. The number of aliphatic hydroxyl groups excluding tert-OH is 1. The van der Waals surface area contributed by atoms with Gasteiger partial charge >= 0.3 is 0 Å². The Balaban J connectivity index is 2.64. The van der Waals surface area contributed by atoms with Crippen LogP contribution in [0.2, 0.25) is 0 Å². The number of aliphatic hydroxyl groups is 1. The molecule has 1 unspecified atom stereocenters. The summed E-state index contributed by atoms with van der Waals surface area (Å²) in [7, 11) is -7.42. The van der Waals surface area contributed by atoms with Crippen molar-refractivity contribution in [2.24, 2.45) is 0 Å². The molecule has 0 heterocycles. The molecule has 0 aliphatic carbocycles. The lowest BCUT2D eigenvalue weighted by Gasteiger charge is -2.14. The van der Waals surface area contributed by atoms with Crippen LogP contribution in [-0.2, 0) is 19.7 Å². The van der Waals surface area contributed by atoms with E-state index in [1.807, 2.05) is 0 Å². The number of hydrogen-bond acceptors (Lipinski definition) is 6. The van der Waals surface area contributed by atoms with Gasteiger partial charge in [-0.05, 0) is 23.8 Å². The van der Waals surface area contributed by atoms with E-state index in [2.05, 4.69) is 0 Å². The molecular formula is C16H16O6S2. The summed E-state index contributed by atoms with van der Waals surface area (Å²) >= 11 is 0. The van der Waals surface area contributed by atoms with Crippen LogP contribution in [-0.4, -0.2) is 40.2 Å².